The summed E-state index contributed by atoms with van der Waals surface area (Å²) in [6.07, 6.45) is 2.66. The van der Waals surface area contributed by atoms with Crippen LogP contribution in [0.5, 0.6) is 17.4 Å². The van der Waals surface area contributed by atoms with Gasteiger partial charge in [-0.2, -0.15) is 4.98 Å². The number of hydrogen-bond acceptors (Lipinski definition) is 5. The molecule has 0 unspecified atom stereocenters. The van der Waals surface area contributed by atoms with Crippen LogP contribution in [-0.4, -0.2) is 23.6 Å². The molecule has 0 bridgehead atoms. The van der Waals surface area contributed by atoms with Crippen molar-refractivity contribution in [3.05, 3.63) is 33.3 Å². The molecule has 0 amide bonds. The van der Waals surface area contributed by atoms with Crippen LogP contribution in [0.3, 0.4) is 0 Å². The van der Waals surface area contributed by atoms with Gasteiger partial charge in [0.05, 0.1) is 16.1 Å². The Hall–Kier alpha value is -1.34. The lowest BCUT2D eigenvalue weighted by Crippen LogP contribution is -2.04. The van der Waals surface area contributed by atoms with E-state index in [1.54, 1.807) is 19.4 Å². The van der Waals surface area contributed by atoms with Gasteiger partial charge in [-0.25, -0.2) is 4.98 Å². The van der Waals surface area contributed by atoms with Gasteiger partial charge < -0.3 is 14.8 Å². The molecule has 0 fully saturated rings. The molecule has 1 heterocycles. The Labute approximate surface area is 140 Å². The van der Waals surface area contributed by atoms with Gasteiger partial charge in [0, 0.05) is 18.8 Å². The maximum Gasteiger partial charge on any atom is 0.225 e. The van der Waals surface area contributed by atoms with E-state index in [0.29, 0.717) is 17.6 Å². The van der Waals surface area contributed by atoms with Crippen molar-refractivity contribution in [1.29, 1.82) is 0 Å². The van der Waals surface area contributed by atoms with Gasteiger partial charge in [-0.3, -0.25) is 0 Å². The van der Waals surface area contributed by atoms with Crippen molar-refractivity contribution < 1.29 is 9.47 Å². The molecule has 0 atom stereocenters. The highest BCUT2D eigenvalue weighted by Crippen LogP contribution is 2.37. The fraction of sp³-hybridized carbons (Fsp3) is 0.286. The summed E-state index contributed by atoms with van der Waals surface area (Å²) in [4.78, 5) is 8.45. The summed E-state index contributed by atoms with van der Waals surface area (Å²) in [5.74, 6) is 2.39. The molecule has 0 saturated carbocycles. The highest BCUT2D eigenvalue weighted by molar-refractivity contribution is 9.11. The van der Waals surface area contributed by atoms with Gasteiger partial charge in [0.25, 0.3) is 0 Å². The van der Waals surface area contributed by atoms with E-state index in [2.05, 4.69) is 54.1 Å². The van der Waals surface area contributed by atoms with E-state index in [0.717, 1.165) is 27.7 Å². The highest BCUT2D eigenvalue weighted by Gasteiger charge is 2.10. The smallest absolute Gasteiger partial charge is 0.225 e. The van der Waals surface area contributed by atoms with Crippen molar-refractivity contribution in [2.75, 3.05) is 19.0 Å². The topological polar surface area (TPSA) is 56.3 Å². The quantitative estimate of drug-likeness (QED) is 0.744. The number of aromatic nitrogens is 2. The van der Waals surface area contributed by atoms with Crippen LogP contribution < -0.4 is 14.8 Å². The molecule has 0 radical (unpaired) electrons. The second-order valence-corrected chi connectivity index (χ2v) is 5.87. The monoisotopic (exact) mass is 415 g/mol. The van der Waals surface area contributed by atoms with Crippen molar-refractivity contribution in [1.82, 2.24) is 9.97 Å². The van der Waals surface area contributed by atoms with E-state index in [1.165, 1.54) is 0 Å². The lowest BCUT2D eigenvalue weighted by atomic mass is 10.3. The molecule has 5 nitrogen and oxygen atoms in total. The second kappa shape index (κ2) is 7.61. The number of ether oxygens (including phenoxy) is 2. The Bertz CT molecular complexity index is 623. The molecule has 112 valence electrons. The van der Waals surface area contributed by atoms with E-state index in [9.17, 15) is 0 Å². The third-order valence-electron chi connectivity index (χ3n) is 2.58. The molecule has 0 saturated heterocycles. The third-order valence-corrected chi connectivity index (χ3v) is 3.82. The molecule has 0 aliphatic heterocycles. The molecular weight excluding hydrogens is 402 g/mol. The molecule has 2 rings (SSSR count). The number of rotatable bonds is 6. The van der Waals surface area contributed by atoms with Gasteiger partial charge in [-0.05, 0) is 50.4 Å². The number of methoxy groups -OCH3 is 1. The first-order valence-electron chi connectivity index (χ1n) is 6.41. The molecular formula is C14H15Br2N3O2. The predicted molar refractivity (Wildman–Crippen MR) is 89.3 cm³/mol. The van der Waals surface area contributed by atoms with Crippen LogP contribution >= 0.6 is 31.9 Å². The first kappa shape index (κ1) is 16.0. The van der Waals surface area contributed by atoms with E-state index < -0.39 is 0 Å². The van der Waals surface area contributed by atoms with E-state index in [4.69, 9.17) is 9.47 Å². The summed E-state index contributed by atoms with van der Waals surface area (Å²) >= 11 is 6.89. The van der Waals surface area contributed by atoms with E-state index >= 15 is 0 Å². The molecule has 0 spiro atoms. The fourth-order valence-electron chi connectivity index (χ4n) is 1.58. The average Bonchev–Trinajstić information content (AvgIpc) is 2.49. The lowest BCUT2D eigenvalue weighted by molar-refractivity contribution is 0.408. The van der Waals surface area contributed by atoms with Gasteiger partial charge in [-0.1, -0.05) is 6.92 Å². The average molecular weight is 417 g/mol. The second-order valence-electron chi connectivity index (χ2n) is 4.16. The Kier molecular flexibility index (Phi) is 5.81. The van der Waals surface area contributed by atoms with Crippen LogP contribution in [0.2, 0.25) is 0 Å². The number of nitrogens with one attached hydrogen (secondary N) is 1. The molecule has 1 N–H and O–H groups in total. The summed E-state index contributed by atoms with van der Waals surface area (Å²) in [6.45, 7) is 2.90. The van der Waals surface area contributed by atoms with Gasteiger partial charge in [0.15, 0.2) is 0 Å². The Morgan fingerprint density at radius 2 is 1.90 bits per heavy atom. The molecule has 7 heteroatoms. The van der Waals surface area contributed by atoms with Crippen molar-refractivity contribution in [2.45, 2.75) is 13.3 Å². The van der Waals surface area contributed by atoms with Crippen molar-refractivity contribution in [3.63, 3.8) is 0 Å². The zero-order valence-corrected chi connectivity index (χ0v) is 14.9. The molecule has 21 heavy (non-hydrogen) atoms. The highest BCUT2D eigenvalue weighted by atomic mass is 79.9. The van der Waals surface area contributed by atoms with Gasteiger partial charge in [0.2, 0.25) is 11.8 Å². The lowest BCUT2D eigenvalue weighted by Gasteiger charge is -2.11. The molecule has 0 aliphatic carbocycles. The SMILES string of the molecule is CCCNc1nccc(Oc2cc(Br)c(OC)cc2Br)n1. The summed E-state index contributed by atoms with van der Waals surface area (Å²) in [7, 11) is 1.61. The van der Waals surface area contributed by atoms with Crippen molar-refractivity contribution in [2.24, 2.45) is 0 Å². The van der Waals surface area contributed by atoms with Crippen LogP contribution in [-0.2, 0) is 0 Å². The van der Waals surface area contributed by atoms with Crippen LogP contribution in [0.15, 0.2) is 33.3 Å². The number of benzene rings is 1. The summed E-state index contributed by atoms with van der Waals surface area (Å²) in [6, 6.07) is 5.36. The van der Waals surface area contributed by atoms with Crippen LogP contribution in [0, 0.1) is 0 Å². The van der Waals surface area contributed by atoms with Crippen molar-refractivity contribution >= 4 is 37.8 Å². The standard InChI is InChI=1S/C14H15Br2N3O2/c1-3-5-17-14-18-6-4-13(19-14)21-12-8-9(15)11(20-2)7-10(12)16/h4,6-8H,3,5H2,1-2H3,(H,17,18,19). The normalized spacial score (nSPS) is 10.3. The Balaban J connectivity index is 2.20. The number of anilines is 1. The minimum Gasteiger partial charge on any atom is -0.496 e. The number of hydrogen-bond donors (Lipinski definition) is 1. The maximum atomic E-state index is 5.79. The fourth-order valence-corrected chi connectivity index (χ4v) is 2.47. The summed E-state index contributed by atoms with van der Waals surface area (Å²) < 4.78 is 12.6. The first-order valence-corrected chi connectivity index (χ1v) is 8.00. The molecule has 1 aromatic heterocycles. The van der Waals surface area contributed by atoms with Gasteiger partial charge in [0.1, 0.15) is 11.5 Å². The Morgan fingerprint density at radius 3 is 2.62 bits per heavy atom. The van der Waals surface area contributed by atoms with Crippen LogP contribution in [0.4, 0.5) is 5.95 Å². The largest absolute Gasteiger partial charge is 0.496 e. The molecule has 1 aromatic carbocycles. The minimum atomic E-state index is 0.473. The molecule has 0 aliphatic rings. The third kappa shape index (κ3) is 4.31. The van der Waals surface area contributed by atoms with Gasteiger partial charge >= 0.3 is 0 Å². The van der Waals surface area contributed by atoms with E-state index in [1.807, 2.05) is 12.1 Å². The van der Waals surface area contributed by atoms with E-state index in [-0.39, 0.29) is 0 Å². The summed E-state index contributed by atoms with van der Waals surface area (Å²) in [5, 5.41) is 3.12. The predicted octanol–water partition coefficient (Wildman–Crippen LogP) is 4.62. The molecule has 2 aromatic rings. The van der Waals surface area contributed by atoms with Crippen LogP contribution in [0.25, 0.3) is 0 Å². The number of halogens is 2. The first-order chi connectivity index (χ1) is 10.1. The van der Waals surface area contributed by atoms with Crippen LogP contribution in [0.1, 0.15) is 13.3 Å². The van der Waals surface area contributed by atoms with Gasteiger partial charge in [-0.15, -0.1) is 0 Å². The summed E-state index contributed by atoms with van der Waals surface area (Å²) in [5.41, 5.74) is 0. The zero-order valence-electron chi connectivity index (χ0n) is 11.7. The zero-order chi connectivity index (χ0) is 15.2. The Morgan fingerprint density at radius 1 is 1.19 bits per heavy atom. The maximum absolute atomic E-state index is 5.79. The van der Waals surface area contributed by atoms with Crippen molar-refractivity contribution in [3.8, 4) is 17.4 Å². The number of nitrogens with zero attached hydrogens (tertiary/aromatic N) is 2. The minimum absolute atomic E-state index is 0.473.